The molecule has 3 aliphatic heterocycles. The van der Waals surface area contributed by atoms with Gasteiger partial charge in [-0.2, -0.15) is 39.5 Å². The maximum absolute atomic E-state index is 13.5. The SMILES string of the molecule is O=C(O)CN1CCCC12CN(c1cc(C(F)(F)F)ccc1CN1CCN(C(=O)OC(C(F)(F)F)C(F)(F)F)CC1)C2. The lowest BCUT2D eigenvalue weighted by Gasteiger charge is -2.54. The van der Waals surface area contributed by atoms with Gasteiger partial charge in [0, 0.05) is 51.5 Å². The highest BCUT2D eigenvalue weighted by molar-refractivity contribution is 5.70. The Balaban J connectivity index is 1.43. The van der Waals surface area contributed by atoms with Gasteiger partial charge < -0.3 is 19.6 Å². The van der Waals surface area contributed by atoms with Crippen molar-refractivity contribution in [2.45, 2.75) is 49.6 Å². The van der Waals surface area contributed by atoms with Crippen molar-refractivity contribution >= 4 is 17.7 Å². The monoisotopic (exact) mass is 606 g/mol. The second-order valence-electron chi connectivity index (χ2n) is 10.5. The number of alkyl halides is 9. The minimum atomic E-state index is -5.84. The first kappa shape index (κ1) is 31.0. The third kappa shape index (κ3) is 6.93. The summed E-state index contributed by atoms with van der Waals surface area (Å²) in [6, 6.07) is 3.24. The zero-order valence-corrected chi connectivity index (χ0v) is 21.5. The molecular weight excluding hydrogens is 579 g/mol. The third-order valence-electron chi connectivity index (χ3n) is 7.63. The summed E-state index contributed by atoms with van der Waals surface area (Å²) in [7, 11) is 0. The standard InChI is InChI=1S/C24H27F9N4O4/c25-22(26,27)16-3-2-15(17(10-16)36-13-21(14-36)4-1-5-37(21)12-18(38)39)11-34-6-8-35(9-7-34)20(40)41-19(23(28,29)30)24(31,32)33/h2-3,10,19H,1,4-9,11-14H2,(H,38,39). The molecule has 3 heterocycles. The van der Waals surface area contributed by atoms with Gasteiger partial charge in [-0.25, -0.2) is 4.79 Å². The Morgan fingerprint density at radius 1 is 0.927 bits per heavy atom. The molecule has 0 atom stereocenters. The van der Waals surface area contributed by atoms with E-state index in [2.05, 4.69) is 4.74 Å². The van der Waals surface area contributed by atoms with Crippen molar-refractivity contribution in [1.82, 2.24) is 14.7 Å². The van der Waals surface area contributed by atoms with E-state index in [0.29, 0.717) is 42.2 Å². The molecule has 0 saturated carbocycles. The van der Waals surface area contributed by atoms with Gasteiger partial charge in [0.2, 0.25) is 0 Å². The van der Waals surface area contributed by atoms with Crippen LogP contribution in [-0.4, -0.2) is 108 Å². The molecule has 17 heteroatoms. The van der Waals surface area contributed by atoms with Crippen molar-refractivity contribution in [2.75, 3.05) is 57.3 Å². The zero-order chi connectivity index (χ0) is 30.4. The van der Waals surface area contributed by atoms with Crippen LogP contribution in [0, 0.1) is 0 Å². The molecule has 1 aromatic rings. The van der Waals surface area contributed by atoms with E-state index in [-0.39, 0.29) is 39.3 Å². The number of carbonyl (C=O) groups excluding carboxylic acids is 1. The minimum Gasteiger partial charge on any atom is -0.480 e. The predicted molar refractivity (Wildman–Crippen MR) is 124 cm³/mol. The predicted octanol–water partition coefficient (Wildman–Crippen LogP) is 4.19. The van der Waals surface area contributed by atoms with Gasteiger partial charge in [0.15, 0.2) is 0 Å². The van der Waals surface area contributed by atoms with Crippen molar-refractivity contribution in [3.63, 3.8) is 0 Å². The van der Waals surface area contributed by atoms with Crippen molar-refractivity contribution in [3.05, 3.63) is 29.3 Å². The third-order valence-corrected chi connectivity index (χ3v) is 7.63. The van der Waals surface area contributed by atoms with E-state index in [4.69, 9.17) is 0 Å². The molecule has 1 amide bonds. The highest BCUT2D eigenvalue weighted by Crippen LogP contribution is 2.43. The summed E-state index contributed by atoms with van der Waals surface area (Å²) in [4.78, 5) is 29.3. The van der Waals surface area contributed by atoms with Crippen LogP contribution in [0.25, 0.3) is 0 Å². The zero-order valence-electron chi connectivity index (χ0n) is 21.5. The molecule has 1 spiro atoms. The molecule has 0 aliphatic carbocycles. The molecule has 230 valence electrons. The van der Waals surface area contributed by atoms with Crippen molar-refractivity contribution in [1.29, 1.82) is 0 Å². The molecule has 1 N–H and O–H groups in total. The number of amides is 1. The number of likely N-dealkylation sites (tertiary alicyclic amines) is 1. The van der Waals surface area contributed by atoms with E-state index in [0.717, 1.165) is 18.6 Å². The molecule has 4 rings (SSSR count). The fourth-order valence-electron chi connectivity index (χ4n) is 5.59. The van der Waals surface area contributed by atoms with Gasteiger partial charge in [-0.3, -0.25) is 14.6 Å². The van der Waals surface area contributed by atoms with Crippen LogP contribution < -0.4 is 4.90 Å². The average Bonchev–Trinajstić information content (AvgIpc) is 3.23. The van der Waals surface area contributed by atoms with Gasteiger partial charge in [-0.15, -0.1) is 0 Å². The van der Waals surface area contributed by atoms with Crippen molar-refractivity contribution in [3.8, 4) is 0 Å². The Labute approximate surface area is 228 Å². The fraction of sp³-hybridized carbons (Fsp3) is 0.667. The number of nitrogens with zero attached hydrogens (tertiary/aromatic N) is 4. The first-order chi connectivity index (χ1) is 18.9. The van der Waals surface area contributed by atoms with Crippen LogP contribution >= 0.6 is 0 Å². The summed E-state index contributed by atoms with van der Waals surface area (Å²) in [6.45, 7) is 0.678. The lowest BCUT2D eigenvalue weighted by molar-refractivity contribution is -0.308. The maximum Gasteiger partial charge on any atom is 0.434 e. The summed E-state index contributed by atoms with van der Waals surface area (Å²) >= 11 is 0. The van der Waals surface area contributed by atoms with Crippen LogP contribution in [0.1, 0.15) is 24.0 Å². The highest BCUT2D eigenvalue weighted by Gasteiger charge is 2.60. The first-order valence-corrected chi connectivity index (χ1v) is 12.6. The smallest absolute Gasteiger partial charge is 0.434 e. The number of carboxylic acid groups (broad SMARTS) is 1. The Morgan fingerprint density at radius 2 is 1.54 bits per heavy atom. The van der Waals surface area contributed by atoms with Crippen LogP contribution in [0.15, 0.2) is 18.2 Å². The number of hydrogen-bond acceptors (Lipinski definition) is 6. The number of benzene rings is 1. The molecule has 1 aromatic carbocycles. The molecule has 3 fully saturated rings. The van der Waals surface area contributed by atoms with E-state index in [1.165, 1.54) is 6.07 Å². The summed E-state index contributed by atoms with van der Waals surface area (Å²) in [5, 5.41) is 9.21. The number of rotatable bonds is 6. The molecule has 8 nitrogen and oxygen atoms in total. The van der Waals surface area contributed by atoms with E-state index in [1.807, 2.05) is 4.90 Å². The van der Waals surface area contributed by atoms with Gasteiger partial charge >= 0.3 is 30.6 Å². The number of halogens is 9. The Bertz CT molecular complexity index is 1110. The summed E-state index contributed by atoms with van der Waals surface area (Å²) < 4.78 is 121. The number of carbonyl (C=O) groups is 2. The second-order valence-corrected chi connectivity index (χ2v) is 10.5. The summed E-state index contributed by atoms with van der Waals surface area (Å²) in [5.41, 5.74) is -0.531. The molecule has 0 bridgehead atoms. The van der Waals surface area contributed by atoms with E-state index < -0.39 is 47.8 Å². The Morgan fingerprint density at radius 3 is 2.07 bits per heavy atom. The van der Waals surface area contributed by atoms with Crippen LogP contribution in [0.4, 0.5) is 50.0 Å². The van der Waals surface area contributed by atoms with Crippen molar-refractivity contribution in [2.24, 2.45) is 0 Å². The molecule has 3 aliphatic rings. The molecule has 41 heavy (non-hydrogen) atoms. The van der Waals surface area contributed by atoms with Crippen LogP contribution in [0.2, 0.25) is 0 Å². The molecular formula is C24H27F9N4O4. The van der Waals surface area contributed by atoms with Gasteiger partial charge in [-0.05, 0) is 37.1 Å². The van der Waals surface area contributed by atoms with Crippen LogP contribution in [-0.2, 0) is 22.3 Å². The van der Waals surface area contributed by atoms with E-state index in [1.54, 1.807) is 9.80 Å². The normalized spacial score (nSPS) is 20.5. The highest BCUT2D eigenvalue weighted by atomic mass is 19.4. The molecule has 0 radical (unpaired) electrons. The summed E-state index contributed by atoms with van der Waals surface area (Å²) in [6.07, 6.45) is -20.9. The molecule has 3 saturated heterocycles. The number of aliphatic carboxylic acids is 1. The number of carboxylic acids is 1. The van der Waals surface area contributed by atoms with Gasteiger partial charge in [0.25, 0.3) is 6.10 Å². The van der Waals surface area contributed by atoms with Crippen LogP contribution in [0.3, 0.4) is 0 Å². The van der Waals surface area contributed by atoms with Crippen molar-refractivity contribution < 1.29 is 58.9 Å². The number of piperazine rings is 1. The van der Waals surface area contributed by atoms with Gasteiger partial charge in [0.05, 0.1) is 17.6 Å². The largest absolute Gasteiger partial charge is 0.480 e. The summed E-state index contributed by atoms with van der Waals surface area (Å²) in [5.74, 6) is -1.00. The van der Waals surface area contributed by atoms with Crippen LogP contribution in [0.5, 0.6) is 0 Å². The van der Waals surface area contributed by atoms with Gasteiger partial charge in [0.1, 0.15) is 0 Å². The van der Waals surface area contributed by atoms with E-state index in [9.17, 15) is 54.2 Å². The lowest BCUT2D eigenvalue weighted by atomic mass is 9.85. The average molecular weight is 606 g/mol. The number of ether oxygens (including phenoxy) is 1. The second kappa shape index (κ2) is 11.0. The molecule has 0 aromatic heterocycles. The minimum absolute atomic E-state index is 0.0224. The quantitative estimate of drug-likeness (QED) is 0.487. The topological polar surface area (TPSA) is 76.6 Å². The fourth-order valence-corrected chi connectivity index (χ4v) is 5.59. The number of hydrogen-bond donors (Lipinski definition) is 1. The lowest BCUT2D eigenvalue weighted by Crippen LogP contribution is -2.68. The molecule has 0 unspecified atom stereocenters. The Hall–Kier alpha value is -2.95. The first-order valence-electron chi connectivity index (χ1n) is 12.6. The maximum atomic E-state index is 13.5. The number of anilines is 1. The van der Waals surface area contributed by atoms with E-state index >= 15 is 0 Å². The van der Waals surface area contributed by atoms with Gasteiger partial charge in [-0.1, -0.05) is 6.07 Å². The Kier molecular flexibility index (Phi) is 8.34.